The van der Waals surface area contributed by atoms with Crippen LogP contribution in [0.25, 0.3) is 0 Å². The molecule has 1 heterocycles. The molecule has 0 aromatic heterocycles. The van der Waals surface area contributed by atoms with E-state index in [0.29, 0.717) is 17.9 Å². The van der Waals surface area contributed by atoms with E-state index in [9.17, 15) is 9.90 Å². The van der Waals surface area contributed by atoms with Crippen LogP contribution >= 0.6 is 0 Å². The van der Waals surface area contributed by atoms with Crippen LogP contribution in [-0.4, -0.2) is 41.3 Å². The highest BCUT2D eigenvalue weighted by Crippen LogP contribution is 2.44. The molecule has 2 N–H and O–H groups in total. The molecule has 2 bridgehead atoms. The Morgan fingerprint density at radius 3 is 2.18 bits per heavy atom. The molecule has 4 aliphatic rings. The highest BCUT2D eigenvalue weighted by Gasteiger charge is 2.40. The van der Waals surface area contributed by atoms with Gasteiger partial charge < -0.3 is 15.3 Å². The van der Waals surface area contributed by atoms with E-state index in [4.69, 9.17) is 0 Å². The van der Waals surface area contributed by atoms with Crippen molar-refractivity contribution in [1.82, 2.24) is 10.2 Å². The molecule has 22 heavy (non-hydrogen) atoms. The minimum absolute atomic E-state index is 0.130. The summed E-state index contributed by atoms with van der Waals surface area (Å²) in [5, 5.41) is 13.6. The topological polar surface area (TPSA) is 52.6 Å². The van der Waals surface area contributed by atoms with Crippen molar-refractivity contribution in [3.8, 4) is 0 Å². The third-order valence-corrected chi connectivity index (χ3v) is 6.64. The largest absolute Gasteiger partial charge is 0.392 e. The summed E-state index contributed by atoms with van der Waals surface area (Å²) < 4.78 is 0. The molecule has 1 aliphatic heterocycles. The monoisotopic (exact) mass is 306 g/mol. The maximum absolute atomic E-state index is 12.6. The molecule has 0 spiro atoms. The second-order valence-electron chi connectivity index (χ2n) is 8.26. The van der Waals surface area contributed by atoms with Gasteiger partial charge in [0.1, 0.15) is 0 Å². The van der Waals surface area contributed by atoms with Gasteiger partial charge in [-0.25, -0.2) is 4.79 Å². The number of aliphatic hydroxyl groups is 1. The van der Waals surface area contributed by atoms with Crippen molar-refractivity contribution in [1.29, 1.82) is 0 Å². The number of nitrogens with zero attached hydrogens (tertiary/aromatic N) is 1. The van der Waals surface area contributed by atoms with Crippen LogP contribution in [0.2, 0.25) is 0 Å². The summed E-state index contributed by atoms with van der Waals surface area (Å²) in [6, 6.07) is 0.517. The van der Waals surface area contributed by atoms with Crippen LogP contribution in [0.1, 0.15) is 57.8 Å². The Kier molecular flexibility index (Phi) is 4.05. The van der Waals surface area contributed by atoms with Gasteiger partial charge >= 0.3 is 6.03 Å². The average molecular weight is 306 g/mol. The second kappa shape index (κ2) is 6.03. The maximum atomic E-state index is 12.6. The molecule has 4 nitrogen and oxygen atoms in total. The first-order valence-corrected chi connectivity index (χ1v) is 9.44. The summed E-state index contributed by atoms with van der Waals surface area (Å²) in [5.41, 5.74) is 0. The Bertz CT molecular complexity index is 409. The van der Waals surface area contributed by atoms with Crippen LogP contribution in [0.15, 0.2) is 0 Å². The van der Waals surface area contributed by atoms with E-state index >= 15 is 0 Å². The van der Waals surface area contributed by atoms with E-state index in [1.165, 1.54) is 38.5 Å². The van der Waals surface area contributed by atoms with E-state index in [-0.39, 0.29) is 12.1 Å². The van der Waals surface area contributed by atoms with Crippen LogP contribution in [0, 0.1) is 23.7 Å². The number of hydrogen-bond donors (Lipinski definition) is 2. The first-order valence-electron chi connectivity index (χ1n) is 9.44. The molecular weight excluding hydrogens is 276 g/mol. The lowest BCUT2D eigenvalue weighted by Gasteiger charge is -2.45. The standard InChI is InChI=1S/C18H30N2O2/c21-17-14-4-1-5-15(17)11-20(10-14)18(22)19-16-6-2-3-13(9-16)12-7-8-12/h12-17,21H,1-11H2,(H,19,22)/t13-,14-,15+,16-,17?/m1/s1. The Hall–Kier alpha value is -0.770. The maximum Gasteiger partial charge on any atom is 0.317 e. The van der Waals surface area contributed by atoms with Crippen LogP contribution < -0.4 is 5.32 Å². The molecule has 4 rings (SSSR count). The third-order valence-electron chi connectivity index (χ3n) is 6.64. The zero-order chi connectivity index (χ0) is 15.1. The zero-order valence-corrected chi connectivity index (χ0v) is 13.5. The van der Waals surface area contributed by atoms with Crippen LogP contribution in [-0.2, 0) is 0 Å². The van der Waals surface area contributed by atoms with E-state index < -0.39 is 0 Å². The highest BCUT2D eigenvalue weighted by atomic mass is 16.3. The fourth-order valence-corrected chi connectivity index (χ4v) is 5.19. The number of amides is 2. The van der Waals surface area contributed by atoms with E-state index in [2.05, 4.69) is 5.32 Å². The van der Waals surface area contributed by atoms with E-state index in [1.54, 1.807) is 0 Å². The van der Waals surface area contributed by atoms with Crippen molar-refractivity contribution >= 4 is 6.03 Å². The van der Waals surface area contributed by atoms with Gasteiger partial charge in [-0.1, -0.05) is 19.3 Å². The molecular formula is C18H30N2O2. The Morgan fingerprint density at radius 2 is 1.50 bits per heavy atom. The van der Waals surface area contributed by atoms with Gasteiger partial charge in [0.25, 0.3) is 0 Å². The van der Waals surface area contributed by atoms with Gasteiger partial charge in [0.05, 0.1) is 6.10 Å². The van der Waals surface area contributed by atoms with Gasteiger partial charge in [0, 0.05) is 31.0 Å². The molecule has 0 radical (unpaired) electrons. The number of rotatable bonds is 2. The van der Waals surface area contributed by atoms with Gasteiger partial charge in [-0.3, -0.25) is 0 Å². The number of likely N-dealkylation sites (tertiary alicyclic amines) is 1. The molecule has 0 aromatic carbocycles. The molecule has 1 unspecified atom stereocenters. The highest BCUT2D eigenvalue weighted by molar-refractivity contribution is 5.74. The summed E-state index contributed by atoms with van der Waals surface area (Å²) in [4.78, 5) is 14.6. The number of hydrogen-bond acceptors (Lipinski definition) is 2. The molecule has 1 saturated heterocycles. The van der Waals surface area contributed by atoms with Crippen LogP contribution in [0.4, 0.5) is 4.79 Å². The number of fused-ring (bicyclic) bond motifs is 2. The lowest BCUT2D eigenvalue weighted by atomic mass is 9.75. The smallest absolute Gasteiger partial charge is 0.317 e. The van der Waals surface area contributed by atoms with Crippen LogP contribution in [0.3, 0.4) is 0 Å². The number of urea groups is 1. The Labute approximate surface area is 133 Å². The van der Waals surface area contributed by atoms with Gasteiger partial charge in [0.15, 0.2) is 0 Å². The lowest BCUT2D eigenvalue weighted by molar-refractivity contribution is -0.0371. The predicted molar refractivity (Wildman–Crippen MR) is 85.4 cm³/mol. The molecule has 4 fully saturated rings. The van der Waals surface area contributed by atoms with Gasteiger partial charge in [0.2, 0.25) is 0 Å². The SMILES string of the molecule is O=C(N[C@@H]1CCC[C@@H](C2CC2)C1)N1C[C@H]2CCC[C@@H](C1)C2O. The normalized spacial score (nSPS) is 42.0. The fraction of sp³-hybridized carbons (Fsp3) is 0.944. The molecule has 3 aliphatic carbocycles. The lowest BCUT2D eigenvalue weighted by Crippen LogP contribution is -2.57. The van der Waals surface area contributed by atoms with Crippen molar-refractivity contribution in [2.45, 2.75) is 69.9 Å². The Balaban J connectivity index is 1.32. The fourth-order valence-electron chi connectivity index (χ4n) is 5.19. The number of nitrogens with one attached hydrogen (secondary N) is 1. The molecule has 124 valence electrons. The van der Waals surface area contributed by atoms with Crippen molar-refractivity contribution < 1.29 is 9.90 Å². The van der Waals surface area contributed by atoms with Gasteiger partial charge in [-0.2, -0.15) is 0 Å². The van der Waals surface area contributed by atoms with Crippen molar-refractivity contribution in [3.05, 3.63) is 0 Å². The first-order chi connectivity index (χ1) is 10.7. The minimum Gasteiger partial charge on any atom is -0.392 e. The molecule has 5 atom stereocenters. The average Bonchev–Trinajstić information content (AvgIpc) is 3.31. The minimum atomic E-state index is -0.174. The summed E-state index contributed by atoms with van der Waals surface area (Å²) >= 11 is 0. The third kappa shape index (κ3) is 2.99. The quantitative estimate of drug-likeness (QED) is 0.824. The molecule has 3 saturated carbocycles. The molecule has 4 heteroatoms. The summed E-state index contributed by atoms with van der Waals surface area (Å²) in [6.45, 7) is 1.50. The van der Waals surface area contributed by atoms with Gasteiger partial charge in [-0.15, -0.1) is 0 Å². The predicted octanol–water partition coefficient (Wildman–Crippen LogP) is 2.76. The number of aliphatic hydroxyl groups excluding tert-OH is 1. The second-order valence-corrected chi connectivity index (χ2v) is 8.26. The summed E-state index contributed by atoms with van der Waals surface area (Å²) in [7, 11) is 0. The first kappa shape index (κ1) is 14.8. The summed E-state index contributed by atoms with van der Waals surface area (Å²) in [6.07, 6.45) is 11.0. The van der Waals surface area contributed by atoms with Crippen molar-refractivity contribution in [3.63, 3.8) is 0 Å². The molecule has 0 aromatic rings. The summed E-state index contributed by atoms with van der Waals surface area (Å²) in [5.74, 6) is 2.44. The van der Waals surface area contributed by atoms with E-state index in [1.807, 2.05) is 4.90 Å². The Morgan fingerprint density at radius 1 is 0.864 bits per heavy atom. The number of carbonyl (C=O) groups excluding carboxylic acids is 1. The number of carbonyl (C=O) groups is 1. The van der Waals surface area contributed by atoms with Gasteiger partial charge in [-0.05, 0) is 50.4 Å². The van der Waals surface area contributed by atoms with E-state index in [0.717, 1.165) is 44.2 Å². The molecule has 2 amide bonds. The number of piperidine rings is 1. The zero-order valence-electron chi connectivity index (χ0n) is 13.5. The van der Waals surface area contributed by atoms with Crippen LogP contribution in [0.5, 0.6) is 0 Å². The van der Waals surface area contributed by atoms with Crippen molar-refractivity contribution in [2.75, 3.05) is 13.1 Å². The van der Waals surface area contributed by atoms with Crippen molar-refractivity contribution in [2.24, 2.45) is 23.7 Å².